The molecule has 172 valence electrons. The number of anilines is 1. The number of thioether (sulfide) groups is 1. The first-order valence-corrected chi connectivity index (χ1v) is 12.4. The van der Waals surface area contributed by atoms with Gasteiger partial charge < -0.3 is 14.2 Å². The first kappa shape index (κ1) is 23.3. The third-order valence-corrected chi connectivity index (χ3v) is 6.21. The van der Waals surface area contributed by atoms with Crippen molar-refractivity contribution in [2.24, 2.45) is 0 Å². The smallest absolute Gasteiger partial charge is 0.247 e. The molecule has 1 aliphatic heterocycles. The maximum absolute atomic E-state index is 13.3. The topological polar surface area (TPSA) is 86.7 Å². The van der Waals surface area contributed by atoms with Crippen LogP contribution < -0.4 is 19.1 Å². The maximum atomic E-state index is 13.3. The Bertz CT molecular complexity index is 1190. The quantitative estimate of drug-likeness (QED) is 0.398. The van der Waals surface area contributed by atoms with Gasteiger partial charge in [-0.2, -0.15) is 4.98 Å². The summed E-state index contributed by atoms with van der Waals surface area (Å²) in [4.78, 5) is 19.5. The predicted octanol–water partition coefficient (Wildman–Crippen LogP) is 5.26. The van der Waals surface area contributed by atoms with Gasteiger partial charge in [0.05, 0.1) is 23.9 Å². The van der Waals surface area contributed by atoms with E-state index < -0.39 is 6.23 Å². The summed E-state index contributed by atoms with van der Waals surface area (Å²) in [5, 5.41) is 9.05. The van der Waals surface area contributed by atoms with Gasteiger partial charge in [-0.05, 0) is 47.3 Å². The number of benzene rings is 2. The second kappa shape index (κ2) is 9.96. The highest BCUT2D eigenvalue weighted by molar-refractivity contribution is 9.10. The van der Waals surface area contributed by atoms with Crippen molar-refractivity contribution in [2.45, 2.75) is 31.7 Å². The Balaban J connectivity index is 1.97. The first-order valence-electron chi connectivity index (χ1n) is 10.4. The summed E-state index contributed by atoms with van der Waals surface area (Å²) >= 11 is 4.93. The number of halogens is 1. The lowest BCUT2D eigenvalue weighted by molar-refractivity contribution is -0.120. The van der Waals surface area contributed by atoms with E-state index in [2.05, 4.69) is 31.1 Å². The second-order valence-corrected chi connectivity index (χ2v) is 8.65. The zero-order valence-corrected chi connectivity index (χ0v) is 21.1. The number of carbonyl (C=O) groups excluding carboxylic acids is 1. The predicted molar refractivity (Wildman–Crippen MR) is 130 cm³/mol. The molecule has 2 heterocycles. The Hall–Kier alpha value is -2.85. The van der Waals surface area contributed by atoms with E-state index in [-0.39, 0.29) is 12.3 Å². The molecule has 10 heteroatoms. The van der Waals surface area contributed by atoms with Crippen molar-refractivity contribution in [3.63, 3.8) is 0 Å². The van der Waals surface area contributed by atoms with Crippen molar-refractivity contribution in [2.75, 3.05) is 24.9 Å². The van der Waals surface area contributed by atoms with Gasteiger partial charge in [-0.1, -0.05) is 36.9 Å². The molecule has 2 aromatic carbocycles. The van der Waals surface area contributed by atoms with E-state index in [1.807, 2.05) is 56.5 Å². The van der Waals surface area contributed by atoms with Crippen molar-refractivity contribution in [1.29, 1.82) is 0 Å². The number of methoxy groups -OCH3 is 1. The molecule has 1 atom stereocenters. The number of ether oxygens (including phenoxy) is 3. The minimum atomic E-state index is -0.812. The van der Waals surface area contributed by atoms with E-state index in [0.717, 1.165) is 5.56 Å². The van der Waals surface area contributed by atoms with E-state index in [0.29, 0.717) is 50.6 Å². The Morgan fingerprint density at radius 3 is 2.73 bits per heavy atom. The lowest BCUT2D eigenvalue weighted by atomic mass is 10.1. The molecule has 0 spiro atoms. The van der Waals surface area contributed by atoms with E-state index in [1.54, 1.807) is 12.0 Å². The molecule has 1 unspecified atom stereocenters. The van der Waals surface area contributed by atoms with Gasteiger partial charge in [0.1, 0.15) is 0 Å². The number of aromatic nitrogens is 3. The summed E-state index contributed by atoms with van der Waals surface area (Å²) in [6.45, 7) is 4.17. The standard InChI is InChI=1S/C23H23BrN4O4S/c1-5-18(29)28-16-10-8-7-9-14(16)19-21(25-23(33-4)27-26-19)32-22(28)13-11-15(24)20(30-3)17(12-13)31-6-2/h7-12,22H,5-6H2,1-4H3. The number of hydrogen-bond donors (Lipinski definition) is 0. The first-order chi connectivity index (χ1) is 16.0. The van der Waals surface area contributed by atoms with Crippen LogP contribution in [-0.4, -0.2) is 41.1 Å². The van der Waals surface area contributed by atoms with Crippen LogP contribution in [-0.2, 0) is 4.79 Å². The molecule has 0 radical (unpaired) electrons. The highest BCUT2D eigenvalue weighted by Crippen LogP contribution is 2.46. The van der Waals surface area contributed by atoms with Crippen LogP contribution in [0.2, 0.25) is 0 Å². The van der Waals surface area contributed by atoms with E-state index in [4.69, 9.17) is 14.2 Å². The van der Waals surface area contributed by atoms with Crippen molar-refractivity contribution >= 4 is 39.3 Å². The number of hydrogen-bond acceptors (Lipinski definition) is 8. The molecule has 1 amide bonds. The minimum absolute atomic E-state index is 0.108. The van der Waals surface area contributed by atoms with Crippen LogP contribution in [0.3, 0.4) is 0 Å². The molecular weight excluding hydrogens is 508 g/mol. The molecule has 0 N–H and O–H groups in total. The number of carbonyl (C=O) groups is 1. The monoisotopic (exact) mass is 530 g/mol. The number of nitrogens with zero attached hydrogens (tertiary/aromatic N) is 4. The average Bonchev–Trinajstić information content (AvgIpc) is 2.97. The molecule has 1 aromatic heterocycles. The minimum Gasteiger partial charge on any atom is -0.492 e. The van der Waals surface area contributed by atoms with Crippen molar-refractivity contribution in [3.05, 3.63) is 46.4 Å². The molecule has 3 aromatic rings. The van der Waals surface area contributed by atoms with Gasteiger partial charge in [0.25, 0.3) is 0 Å². The van der Waals surface area contributed by atoms with Crippen LogP contribution in [0, 0.1) is 0 Å². The zero-order valence-electron chi connectivity index (χ0n) is 18.7. The van der Waals surface area contributed by atoms with E-state index in [1.165, 1.54) is 11.8 Å². The van der Waals surface area contributed by atoms with Crippen molar-refractivity contribution in [3.8, 4) is 28.6 Å². The maximum Gasteiger partial charge on any atom is 0.247 e. The fourth-order valence-electron chi connectivity index (χ4n) is 3.65. The molecule has 0 fully saturated rings. The number of fused-ring (bicyclic) bond motifs is 3. The number of amides is 1. The molecular formula is C23H23BrN4O4S. The van der Waals surface area contributed by atoms with Crippen molar-refractivity contribution in [1.82, 2.24) is 15.2 Å². The fraction of sp³-hybridized carbons (Fsp3) is 0.304. The third kappa shape index (κ3) is 4.37. The molecule has 0 saturated carbocycles. The SMILES string of the molecule is CCOc1cc(C2Oc3nc(SC)nnc3-c3ccccc3N2C(=O)CC)cc(Br)c1OC. The highest BCUT2D eigenvalue weighted by Gasteiger charge is 2.36. The summed E-state index contributed by atoms with van der Waals surface area (Å²) in [7, 11) is 1.58. The lowest BCUT2D eigenvalue weighted by Crippen LogP contribution is -2.37. The number of para-hydroxylation sites is 1. The fourth-order valence-corrected chi connectivity index (χ4v) is 4.57. The van der Waals surface area contributed by atoms with E-state index in [9.17, 15) is 4.79 Å². The Morgan fingerprint density at radius 1 is 1.24 bits per heavy atom. The molecule has 8 nitrogen and oxygen atoms in total. The van der Waals surface area contributed by atoms with Gasteiger partial charge in [-0.25, -0.2) is 0 Å². The normalized spacial score (nSPS) is 14.6. The average molecular weight is 531 g/mol. The van der Waals surface area contributed by atoms with Gasteiger partial charge in [0.15, 0.2) is 17.2 Å². The van der Waals surface area contributed by atoms with Gasteiger partial charge in [0.2, 0.25) is 23.2 Å². The Kier molecular flexibility index (Phi) is 7.04. The Morgan fingerprint density at radius 2 is 2.03 bits per heavy atom. The zero-order chi connectivity index (χ0) is 23.5. The molecule has 1 aliphatic rings. The van der Waals surface area contributed by atoms with Crippen LogP contribution in [0.5, 0.6) is 17.4 Å². The Labute approximate surface area is 204 Å². The van der Waals surface area contributed by atoms with Crippen molar-refractivity contribution < 1.29 is 19.0 Å². The van der Waals surface area contributed by atoms with Gasteiger partial charge >= 0.3 is 0 Å². The van der Waals surface area contributed by atoms with Crippen LogP contribution in [0.25, 0.3) is 11.3 Å². The van der Waals surface area contributed by atoms with Gasteiger partial charge in [-0.15, -0.1) is 10.2 Å². The molecule has 0 saturated heterocycles. The van der Waals surface area contributed by atoms with Crippen LogP contribution in [0.1, 0.15) is 32.1 Å². The molecule has 0 aliphatic carbocycles. The molecule has 33 heavy (non-hydrogen) atoms. The molecule has 0 bridgehead atoms. The van der Waals surface area contributed by atoms with Crippen LogP contribution in [0.15, 0.2) is 46.0 Å². The summed E-state index contributed by atoms with van der Waals surface area (Å²) in [5.74, 6) is 1.31. The summed E-state index contributed by atoms with van der Waals surface area (Å²) in [6, 6.07) is 11.2. The lowest BCUT2D eigenvalue weighted by Gasteiger charge is -2.31. The number of rotatable bonds is 6. The van der Waals surface area contributed by atoms with Gasteiger partial charge in [0, 0.05) is 17.5 Å². The van der Waals surface area contributed by atoms with Crippen LogP contribution >= 0.6 is 27.7 Å². The largest absolute Gasteiger partial charge is 0.492 e. The highest BCUT2D eigenvalue weighted by atomic mass is 79.9. The van der Waals surface area contributed by atoms with Gasteiger partial charge in [-0.3, -0.25) is 9.69 Å². The second-order valence-electron chi connectivity index (χ2n) is 7.02. The molecule has 4 rings (SSSR count). The summed E-state index contributed by atoms with van der Waals surface area (Å²) in [5.41, 5.74) is 2.57. The van der Waals surface area contributed by atoms with Crippen LogP contribution in [0.4, 0.5) is 5.69 Å². The summed E-state index contributed by atoms with van der Waals surface area (Å²) in [6.07, 6.45) is 1.34. The third-order valence-electron chi connectivity index (χ3n) is 5.09. The van der Waals surface area contributed by atoms with E-state index >= 15 is 0 Å². The summed E-state index contributed by atoms with van der Waals surface area (Å²) < 4.78 is 18.4.